The normalized spacial score (nSPS) is 16.8. The second-order valence-corrected chi connectivity index (χ2v) is 7.59. The Morgan fingerprint density at radius 2 is 2.18 bits per heavy atom. The molecule has 0 radical (unpaired) electrons. The number of anilines is 1. The van der Waals surface area contributed by atoms with Gasteiger partial charge in [0.25, 0.3) is 5.91 Å². The lowest BCUT2D eigenvalue weighted by Gasteiger charge is -2.14. The summed E-state index contributed by atoms with van der Waals surface area (Å²) in [4.78, 5) is 12.6. The monoisotopic (exact) mass is 397 g/mol. The molecule has 1 amide bonds. The Morgan fingerprint density at radius 1 is 1.39 bits per heavy atom. The Hall–Kier alpha value is -2.55. The van der Waals surface area contributed by atoms with Crippen LogP contribution in [0.3, 0.4) is 0 Å². The summed E-state index contributed by atoms with van der Waals surface area (Å²) < 4.78 is 7.92. The molecule has 2 aromatic rings. The molecule has 0 bridgehead atoms. The minimum absolute atomic E-state index is 0.0361. The van der Waals surface area contributed by atoms with Crippen LogP contribution in [0.4, 0.5) is 5.69 Å². The van der Waals surface area contributed by atoms with E-state index in [2.05, 4.69) is 9.88 Å². The number of halogens is 1. The van der Waals surface area contributed by atoms with Crippen molar-refractivity contribution >= 4 is 29.3 Å². The van der Waals surface area contributed by atoms with Gasteiger partial charge in [-0.3, -0.25) is 4.79 Å². The van der Waals surface area contributed by atoms with Gasteiger partial charge in [0.1, 0.15) is 11.6 Å². The number of hydrogen-bond donors (Lipinski definition) is 1. The minimum Gasteiger partial charge on any atom is -0.376 e. The van der Waals surface area contributed by atoms with Gasteiger partial charge in [-0.05, 0) is 69.0 Å². The third-order valence-electron chi connectivity index (χ3n) is 5.06. The highest BCUT2D eigenvalue weighted by Crippen LogP contribution is 2.25. The standard InChI is InChI=1S/C22H24ClN3O2/c1-14-6-7-21(20(23)9-14)25-22(27)18(12-24)11-17-10-15(2)26(16(17)3)13-19-5-4-8-28-19/h6-7,9-11,19H,4-5,8,13H2,1-3H3,(H,25,27)/b18-11-. The highest BCUT2D eigenvalue weighted by atomic mass is 35.5. The Kier molecular flexibility index (Phi) is 6.23. The van der Waals surface area contributed by atoms with E-state index in [1.54, 1.807) is 18.2 Å². The average Bonchev–Trinajstić information content (AvgIpc) is 3.26. The molecule has 1 N–H and O–H groups in total. The zero-order valence-corrected chi connectivity index (χ0v) is 17.1. The molecule has 28 heavy (non-hydrogen) atoms. The molecule has 3 rings (SSSR count). The largest absolute Gasteiger partial charge is 0.376 e. The smallest absolute Gasteiger partial charge is 0.266 e. The van der Waals surface area contributed by atoms with Crippen LogP contribution in [0.15, 0.2) is 29.8 Å². The number of carbonyl (C=O) groups is 1. The number of nitrogens with one attached hydrogen (secondary N) is 1. The zero-order chi connectivity index (χ0) is 20.3. The van der Waals surface area contributed by atoms with Crippen LogP contribution in [0.25, 0.3) is 6.08 Å². The molecule has 0 spiro atoms. The van der Waals surface area contributed by atoms with Gasteiger partial charge in [0, 0.05) is 24.5 Å². The third kappa shape index (κ3) is 4.46. The van der Waals surface area contributed by atoms with Crippen molar-refractivity contribution in [2.75, 3.05) is 11.9 Å². The zero-order valence-electron chi connectivity index (χ0n) is 16.4. The Bertz CT molecular complexity index is 963. The van der Waals surface area contributed by atoms with E-state index < -0.39 is 5.91 Å². The number of aromatic nitrogens is 1. The first-order valence-corrected chi connectivity index (χ1v) is 9.74. The summed E-state index contributed by atoms with van der Waals surface area (Å²) in [5.41, 5.74) is 4.48. The van der Waals surface area contributed by atoms with Crippen LogP contribution in [0.2, 0.25) is 5.02 Å². The van der Waals surface area contributed by atoms with E-state index in [1.165, 1.54) is 0 Å². The molecular weight excluding hydrogens is 374 g/mol. The summed E-state index contributed by atoms with van der Waals surface area (Å²) in [5, 5.41) is 12.7. The van der Waals surface area contributed by atoms with Crippen molar-refractivity contribution in [1.82, 2.24) is 4.57 Å². The molecular formula is C22H24ClN3O2. The number of ether oxygens (including phenoxy) is 1. The van der Waals surface area contributed by atoms with E-state index >= 15 is 0 Å². The molecule has 2 heterocycles. The van der Waals surface area contributed by atoms with E-state index in [0.29, 0.717) is 10.7 Å². The summed E-state index contributed by atoms with van der Waals surface area (Å²) in [7, 11) is 0. The Balaban J connectivity index is 1.82. The molecule has 1 atom stereocenters. The van der Waals surface area contributed by atoms with Gasteiger partial charge in [-0.25, -0.2) is 0 Å². The van der Waals surface area contributed by atoms with Gasteiger partial charge in [-0.15, -0.1) is 0 Å². The maximum atomic E-state index is 12.6. The average molecular weight is 398 g/mol. The van der Waals surface area contributed by atoms with E-state index in [1.807, 2.05) is 39.0 Å². The second kappa shape index (κ2) is 8.64. The van der Waals surface area contributed by atoms with Gasteiger partial charge in [-0.1, -0.05) is 17.7 Å². The lowest BCUT2D eigenvalue weighted by molar-refractivity contribution is -0.112. The van der Waals surface area contributed by atoms with E-state index in [4.69, 9.17) is 16.3 Å². The lowest BCUT2D eigenvalue weighted by Crippen LogP contribution is -2.17. The number of benzene rings is 1. The summed E-state index contributed by atoms with van der Waals surface area (Å²) in [6, 6.07) is 9.36. The predicted molar refractivity (Wildman–Crippen MR) is 111 cm³/mol. The Morgan fingerprint density at radius 3 is 2.82 bits per heavy atom. The first-order chi connectivity index (χ1) is 13.4. The molecule has 1 fully saturated rings. The van der Waals surface area contributed by atoms with Crippen LogP contribution in [0.5, 0.6) is 0 Å². The van der Waals surface area contributed by atoms with Crippen molar-refractivity contribution in [2.45, 2.75) is 46.3 Å². The van der Waals surface area contributed by atoms with Gasteiger partial charge >= 0.3 is 0 Å². The van der Waals surface area contributed by atoms with Crippen molar-refractivity contribution in [1.29, 1.82) is 5.26 Å². The van der Waals surface area contributed by atoms with Crippen LogP contribution in [-0.4, -0.2) is 23.2 Å². The minimum atomic E-state index is -0.475. The Labute approximate surface area is 170 Å². The summed E-state index contributed by atoms with van der Waals surface area (Å²) >= 11 is 6.18. The number of hydrogen-bond acceptors (Lipinski definition) is 3. The molecule has 0 saturated carbocycles. The summed E-state index contributed by atoms with van der Waals surface area (Å²) in [6.07, 6.45) is 4.01. The molecule has 1 unspecified atom stereocenters. The molecule has 1 aromatic heterocycles. The van der Waals surface area contributed by atoms with Crippen LogP contribution >= 0.6 is 11.6 Å². The van der Waals surface area contributed by atoms with Crippen molar-refractivity contribution < 1.29 is 9.53 Å². The quantitative estimate of drug-likeness (QED) is 0.582. The maximum Gasteiger partial charge on any atom is 0.266 e. The predicted octanol–water partition coefficient (Wildman–Crippen LogP) is 4.79. The van der Waals surface area contributed by atoms with Crippen molar-refractivity contribution in [3.63, 3.8) is 0 Å². The van der Waals surface area contributed by atoms with Crippen LogP contribution in [-0.2, 0) is 16.1 Å². The molecule has 146 valence electrons. The van der Waals surface area contributed by atoms with E-state index in [9.17, 15) is 10.1 Å². The highest BCUT2D eigenvalue weighted by molar-refractivity contribution is 6.34. The molecule has 6 heteroatoms. The van der Waals surface area contributed by atoms with Gasteiger partial charge in [0.15, 0.2) is 0 Å². The number of aryl methyl sites for hydroxylation is 2. The third-order valence-corrected chi connectivity index (χ3v) is 5.37. The highest BCUT2D eigenvalue weighted by Gasteiger charge is 2.19. The van der Waals surface area contributed by atoms with Crippen LogP contribution < -0.4 is 5.32 Å². The SMILES string of the molecule is Cc1ccc(NC(=O)/C(C#N)=C\c2cc(C)n(CC3CCCO3)c2C)c(Cl)c1. The fourth-order valence-corrected chi connectivity index (χ4v) is 3.74. The van der Waals surface area contributed by atoms with Gasteiger partial charge in [-0.2, -0.15) is 5.26 Å². The van der Waals surface area contributed by atoms with Crippen molar-refractivity contribution in [3.05, 3.63) is 57.4 Å². The second-order valence-electron chi connectivity index (χ2n) is 7.18. The first-order valence-electron chi connectivity index (χ1n) is 9.36. The van der Waals surface area contributed by atoms with Gasteiger partial charge in [0.05, 0.1) is 16.8 Å². The first kappa shape index (κ1) is 20.2. The maximum absolute atomic E-state index is 12.6. The topological polar surface area (TPSA) is 67.0 Å². The summed E-state index contributed by atoms with van der Waals surface area (Å²) in [6.45, 7) is 7.55. The summed E-state index contributed by atoms with van der Waals surface area (Å²) in [5.74, 6) is -0.475. The van der Waals surface area contributed by atoms with Crippen LogP contribution in [0.1, 0.15) is 35.4 Å². The molecule has 0 aliphatic carbocycles. The number of amides is 1. The molecule has 5 nitrogen and oxygen atoms in total. The van der Waals surface area contributed by atoms with E-state index in [-0.39, 0.29) is 11.7 Å². The molecule has 1 aliphatic heterocycles. The number of rotatable bonds is 5. The van der Waals surface area contributed by atoms with Gasteiger partial charge in [0.2, 0.25) is 0 Å². The van der Waals surface area contributed by atoms with Crippen LogP contribution in [0, 0.1) is 32.1 Å². The number of carbonyl (C=O) groups excluding carboxylic acids is 1. The van der Waals surface area contributed by atoms with Crippen molar-refractivity contribution in [2.24, 2.45) is 0 Å². The molecule has 1 aromatic carbocycles. The number of nitriles is 1. The van der Waals surface area contributed by atoms with E-state index in [0.717, 1.165) is 48.5 Å². The van der Waals surface area contributed by atoms with Crippen molar-refractivity contribution in [3.8, 4) is 6.07 Å². The molecule has 1 aliphatic rings. The molecule has 1 saturated heterocycles. The lowest BCUT2D eigenvalue weighted by atomic mass is 10.1. The fourth-order valence-electron chi connectivity index (χ4n) is 3.46. The van der Waals surface area contributed by atoms with Gasteiger partial charge < -0.3 is 14.6 Å². The number of nitrogens with zero attached hydrogens (tertiary/aromatic N) is 2. The fraction of sp³-hybridized carbons (Fsp3) is 0.364.